The normalized spacial score (nSPS) is 14.2. The third kappa shape index (κ3) is 4.54. The van der Waals surface area contributed by atoms with Crippen molar-refractivity contribution >= 4 is 11.6 Å². The number of nitrogens with zero attached hydrogens (tertiary/aromatic N) is 1. The highest BCUT2D eigenvalue weighted by atomic mass is 16.1. The molecule has 1 aliphatic rings. The standard InChI is InChI=1S/C22H25NO2/c1-3-5-8-16(4-2)21(24)13-14-22(25)19-12-11-17-9-6-7-10-18(17)20(19)15-23/h4-5,8,11-12H,3,6-7,9-10,13-14H2,1-2H3/b8-5-,16-4+. The predicted octanol–water partition coefficient (Wildman–Crippen LogP) is 4.88. The zero-order chi connectivity index (χ0) is 18.2. The summed E-state index contributed by atoms with van der Waals surface area (Å²) in [5.41, 5.74) is 3.86. The highest BCUT2D eigenvalue weighted by Gasteiger charge is 2.20. The molecule has 0 saturated heterocycles. The third-order valence-corrected chi connectivity index (χ3v) is 4.69. The summed E-state index contributed by atoms with van der Waals surface area (Å²) in [6, 6.07) is 5.97. The molecule has 25 heavy (non-hydrogen) atoms. The van der Waals surface area contributed by atoms with Crippen LogP contribution in [0.5, 0.6) is 0 Å². The smallest absolute Gasteiger partial charge is 0.164 e. The van der Waals surface area contributed by atoms with Crippen LogP contribution in [0, 0.1) is 11.3 Å². The first-order valence-corrected chi connectivity index (χ1v) is 9.06. The van der Waals surface area contributed by atoms with Crippen molar-refractivity contribution in [3.8, 4) is 6.07 Å². The van der Waals surface area contributed by atoms with E-state index in [1.165, 1.54) is 5.56 Å². The summed E-state index contributed by atoms with van der Waals surface area (Å²) in [4.78, 5) is 24.9. The van der Waals surface area contributed by atoms with Crippen LogP contribution in [-0.4, -0.2) is 11.6 Å². The van der Waals surface area contributed by atoms with Gasteiger partial charge in [-0.2, -0.15) is 5.26 Å². The number of hydrogen-bond acceptors (Lipinski definition) is 3. The second-order valence-electron chi connectivity index (χ2n) is 6.35. The number of carbonyl (C=O) groups excluding carboxylic acids is 2. The maximum Gasteiger partial charge on any atom is 0.164 e. The predicted molar refractivity (Wildman–Crippen MR) is 99.6 cm³/mol. The zero-order valence-electron chi connectivity index (χ0n) is 15.1. The molecular formula is C22H25NO2. The van der Waals surface area contributed by atoms with Gasteiger partial charge in [0.2, 0.25) is 0 Å². The van der Waals surface area contributed by atoms with E-state index < -0.39 is 0 Å². The zero-order valence-corrected chi connectivity index (χ0v) is 15.1. The van der Waals surface area contributed by atoms with Crippen molar-refractivity contribution in [2.75, 3.05) is 0 Å². The number of rotatable bonds is 7. The highest BCUT2D eigenvalue weighted by molar-refractivity contribution is 6.04. The first kappa shape index (κ1) is 18.9. The van der Waals surface area contributed by atoms with Gasteiger partial charge in [-0.1, -0.05) is 31.2 Å². The molecule has 0 aliphatic heterocycles. The van der Waals surface area contributed by atoms with Crippen LogP contribution in [-0.2, 0) is 17.6 Å². The second kappa shape index (κ2) is 9.13. The van der Waals surface area contributed by atoms with E-state index in [9.17, 15) is 14.9 Å². The molecule has 0 N–H and O–H groups in total. The van der Waals surface area contributed by atoms with Crippen molar-refractivity contribution in [2.24, 2.45) is 0 Å². The van der Waals surface area contributed by atoms with Gasteiger partial charge >= 0.3 is 0 Å². The Hall–Kier alpha value is -2.47. The van der Waals surface area contributed by atoms with E-state index in [2.05, 4.69) is 6.07 Å². The van der Waals surface area contributed by atoms with Gasteiger partial charge in [-0.15, -0.1) is 0 Å². The van der Waals surface area contributed by atoms with Crippen LogP contribution in [0.1, 0.15) is 73.0 Å². The van der Waals surface area contributed by atoms with Crippen molar-refractivity contribution in [3.63, 3.8) is 0 Å². The molecule has 0 heterocycles. The minimum absolute atomic E-state index is 0.0305. The number of hydrogen-bond donors (Lipinski definition) is 0. The fourth-order valence-electron chi connectivity index (χ4n) is 3.29. The number of aryl methyl sites for hydroxylation is 1. The molecular weight excluding hydrogens is 310 g/mol. The van der Waals surface area contributed by atoms with Gasteiger partial charge in [0.15, 0.2) is 11.6 Å². The summed E-state index contributed by atoms with van der Waals surface area (Å²) in [6.07, 6.45) is 10.7. The molecule has 0 spiro atoms. The fourth-order valence-corrected chi connectivity index (χ4v) is 3.29. The molecule has 0 fully saturated rings. The van der Waals surface area contributed by atoms with E-state index in [0.29, 0.717) is 16.7 Å². The summed E-state index contributed by atoms with van der Waals surface area (Å²) in [5.74, 6) is -0.148. The largest absolute Gasteiger partial charge is 0.294 e. The Labute approximate surface area is 150 Å². The van der Waals surface area contributed by atoms with Crippen LogP contribution in [0.25, 0.3) is 0 Å². The van der Waals surface area contributed by atoms with Gasteiger partial charge in [0.25, 0.3) is 0 Å². The summed E-state index contributed by atoms with van der Waals surface area (Å²) in [7, 11) is 0. The Morgan fingerprint density at radius 1 is 1.20 bits per heavy atom. The monoisotopic (exact) mass is 335 g/mol. The van der Waals surface area contributed by atoms with Gasteiger partial charge < -0.3 is 0 Å². The van der Waals surface area contributed by atoms with E-state index in [1.54, 1.807) is 12.1 Å². The highest BCUT2D eigenvalue weighted by Crippen LogP contribution is 2.27. The average molecular weight is 335 g/mol. The molecule has 0 radical (unpaired) electrons. The lowest BCUT2D eigenvalue weighted by molar-refractivity contribution is -0.115. The minimum Gasteiger partial charge on any atom is -0.294 e. The van der Waals surface area contributed by atoms with Gasteiger partial charge in [0, 0.05) is 24.0 Å². The Morgan fingerprint density at radius 2 is 1.96 bits per heavy atom. The van der Waals surface area contributed by atoms with E-state index in [4.69, 9.17) is 0 Å². The Bertz CT molecular complexity index is 763. The Kier molecular flexibility index (Phi) is 6.89. The maximum absolute atomic E-state index is 12.6. The molecule has 0 bridgehead atoms. The van der Waals surface area contributed by atoms with Crippen LogP contribution in [0.3, 0.4) is 0 Å². The molecule has 1 aromatic rings. The van der Waals surface area contributed by atoms with E-state index in [-0.39, 0.29) is 24.4 Å². The number of allylic oxidation sites excluding steroid dienone is 4. The molecule has 0 aromatic heterocycles. The number of ketones is 2. The molecule has 1 aromatic carbocycles. The summed E-state index contributed by atoms with van der Waals surface area (Å²) in [6.45, 7) is 3.84. The van der Waals surface area contributed by atoms with Gasteiger partial charge in [-0.25, -0.2) is 0 Å². The molecule has 1 aliphatic carbocycles. The van der Waals surface area contributed by atoms with Crippen molar-refractivity contribution < 1.29 is 9.59 Å². The van der Waals surface area contributed by atoms with Gasteiger partial charge in [-0.05, 0) is 56.2 Å². The molecule has 0 atom stereocenters. The number of nitriles is 1. The third-order valence-electron chi connectivity index (χ3n) is 4.69. The Balaban J connectivity index is 2.13. The molecule has 0 saturated carbocycles. The SMILES string of the molecule is C/C=C(\C=C/CC)C(=O)CCC(=O)c1ccc2c(c1C#N)CCCC2. The Morgan fingerprint density at radius 3 is 2.64 bits per heavy atom. The molecule has 0 amide bonds. The molecule has 0 unspecified atom stereocenters. The van der Waals surface area contributed by atoms with E-state index in [0.717, 1.165) is 37.7 Å². The van der Waals surface area contributed by atoms with Crippen LogP contribution in [0.2, 0.25) is 0 Å². The van der Waals surface area contributed by atoms with Crippen molar-refractivity contribution in [2.45, 2.75) is 58.8 Å². The van der Waals surface area contributed by atoms with Gasteiger partial charge in [0.1, 0.15) is 6.07 Å². The molecule has 2 rings (SSSR count). The maximum atomic E-state index is 12.6. The van der Waals surface area contributed by atoms with E-state index >= 15 is 0 Å². The first-order valence-electron chi connectivity index (χ1n) is 9.06. The van der Waals surface area contributed by atoms with Gasteiger partial charge in [-0.3, -0.25) is 9.59 Å². The van der Waals surface area contributed by atoms with E-state index in [1.807, 2.05) is 32.1 Å². The number of benzene rings is 1. The van der Waals surface area contributed by atoms with Crippen LogP contribution >= 0.6 is 0 Å². The van der Waals surface area contributed by atoms with Crippen molar-refractivity contribution in [3.05, 3.63) is 58.2 Å². The first-order chi connectivity index (χ1) is 12.1. The minimum atomic E-state index is -0.117. The lowest BCUT2D eigenvalue weighted by atomic mass is 9.85. The molecule has 130 valence electrons. The summed E-state index contributed by atoms with van der Waals surface area (Å²) >= 11 is 0. The average Bonchev–Trinajstić information content (AvgIpc) is 2.65. The van der Waals surface area contributed by atoms with Crippen molar-refractivity contribution in [1.29, 1.82) is 5.26 Å². The van der Waals surface area contributed by atoms with Crippen molar-refractivity contribution in [1.82, 2.24) is 0 Å². The summed E-state index contributed by atoms with van der Waals surface area (Å²) in [5, 5.41) is 9.54. The topological polar surface area (TPSA) is 57.9 Å². The number of carbonyl (C=O) groups is 2. The van der Waals surface area contributed by atoms with Crippen LogP contribution in [0.4, 0.5) is 0 Å². The number of fused-ring (bicyclic) bond motifs is 1. The summed E-state index contributed by atoms with van der Waals surface area (Å²) < 4.78 is 0. The number of Topliss-reactive ketones (excluding diaryl/α,β-unsaturated/α-hetero) is 2. The van der Waals surface area contributed by atoms with Crippen LogP contribution in [0.15, 0.2) is 35.9 Å². The quantitative estimate of drug-likeness (QED) is 0.405. The second-order valence-corrected chi connectivity index (χ2v) is 6.35. The van der Waals surface area contributed by atoms with Crippen LogP contribution < -0.4 is 0 Å². The lowest BCUT2D eigenvalue weighted by Crippen LogP contribution is -2.12. The van der Waals surface area contributed by atoms with Gasteiger partial charge in [0.05, 0.1) is 5.56 Å². The molecule has 3 heteroatoms. The lowest BCUT2D eigenvalue weighted by Gasteiger charge is -2.18. The fraction of sp³-hybridized carbons (Fsp3) is 0.409. The molecule has 3 nitrogen and oxygen atoms in total.